The van der Waals surface area contributed by atoms with Crippen molar-refractivity contribution in [2.75, 3.05) is 62.9 Å². The predicted molar refractivity (Wildman–Crippen MR) is 116 cm³/mol. The lowest BCUT2D eigenvalue weighted by Gasteiger charge is -2.38. The molecule has 152 valence electrons. The van der Waals surface area contributed by atoms with Crippen molar-refractivity contribution in [2.24, 2.45) is 0 Å². The Bertz CT molecular complexity index is 846. The zero-order valence-corrected chi connectivity index (χ0v) is 17.7. The first-order chi connectivity index (χ1) is 13.3. The van der Waals surface area contributed by atoms with Gasteiger partial charge in [-0.15, -0.1) is 0 Å². The first kappa shape index (κ1) is 20.6. The maximum Gasteiger partial charge on any atom is 0.208 e. The number of piperazine rings is 1. The highest BCUT2D eigenvalue weighted by atomic mass is 32.2. The summed E-state index contributed by atoms with van der Waals surface area (Å²) in [6, 6.07) is 19.0. The smallest absolute Gasteiger partial charge is 0.208 e. The number of para-hydroxylation sites is 1. The number of hydrogen-bond acceptors (Lipinski definition) is 4. The largest absolute Gasteiger partial charge is 0.378 e. The molecule has 1 fully saturated rings. The standard InChI is InChI=1S/C21H30N4O2S/c1-23(2)19-11-9-18(10-12-19)21(17-22-28(3,26)27)25-15-13-24(14-16-25)20-7-5-4-6-8-20/h4-12,21-22H,13-17H2,1-3H3/p+1/t21-/m0/s1. The summed E-state index contributed by atoms with van der Waals surface area (Å²) in [4.78, 5) is 5.89. The van der Waals surface area contributed by atoms with Crippen LogP contribution in [0.5, 0.6) is 0 Å². The molecule has 0 bridgehead atoms. The summed E-state index contributed by atoms with van der Waals surface area (Å²) in [5.41, 5.74) is 3.56. The molecule has 1 aliphatic heterocycles. The lowest BCUT2D eigenvalue weighted by atomic mass is 10.0. The molecule has 1 atom stereocenters. The van der Waals surface area contributed by atoms with Crippen LogP contribution < -0.4 is 19.4 Å². The monoisotopic (exact) mass is 403 g/mol. The van der Waals surface area contributed by atoms with Crippen LogP contribution in [-0.4, -0.2) is 61.5 Å². The van der Waals surface area contributed by atoms with Crippen LogP contribution in [0.15, 0.2) is 54.6 Å². The van der Waals surface area contributed by atoms with Gasteiger partial charge in [0.2, 0.25) is 10.0 Å². The molecule has 0 saturated carbocycles. The van der Waals surface area contributed by atoms with Crippen molar-refractivity contribution in [1.82, 2.24) is 4.72 Å². The van der Waals surface area contributed by atoms with Gasteiger partial charge >= 0.3 is 0 Å². The van der Waals surface area contributed by atoms with Gasteiger partial charge in [-0.1, -0.05) is 30.3 Å². The Labute approximate surface area is 168 Å². The van der Waals surface area contributed by atoms with Gasteiger partial charge in [0.1, 0.15) is 6.04 Å². The van der Waals surface area contributed by atoms with Crippen molar-refractivity contribution in [3.63, 3.8) is 0 Å². The second-order valence-electron chi connectivity index (χ2n) is 7.64. The van der Waals surface area contributed by atoms with Crippen LogP contribution in [0.2, 0.25) is 0 Å². The molecule has 0 radical (unpaired) electrons. The maximum atomic E-state index is 11.7. The van der Waals surface area contributed by atoms with E-state index in [2.05, 4.69) is 63.1 Å². The number of hydrogen-bond donors (Lipinski definition) is 2. The molecule has 0 spiro atoms. The molecule has 0 amide bonds. The van der Waals surface area contributed by atoms with Crippen molar-refractivity contribution in [2.45, 2.75) is 6.04 Å². The average molecular weight is 404 g/mol. The molecule has 2 aromatic rings. The highest BCUT2D eigenvalue weighted by molar-refractivity contribution is 7.88. The normalized spacial score (nSPS) is 16.8. The average Bonchev–Trinajstić information content (AvgIpc) is 2.69. The van der Waals surface area contributed by atoms with Crippen molar-refractivity contribution < 1.29 is 13.3 Å². The molecule has 6 nitrogen and oxygen atoms in total. The highest BCUT2D eigenvalue weighted by Gasteiger charge is 2.29. The molecule has 1 heterocycles. The molecule has 0 aliphatic carbocycles. The van der Waals surface area contributed by atoms with Gasteiger partial charge in [0.05, 0.1) is 39.0 Å². The lowest BCUT2D eigenvalue weighted by molar-refractivity contribution is -0.930. The van der Waals surface area contributed by atoms with Gasteiger partial charge in [0.25, 0.3) is 0 Å². The Balaban J connectivity index is 1.73. The van der Waals surface area contributed by atoms with E-state index in [0.29, 0.717) is 6.54 Å². The number of quaternary nitrogens is 1. The van der Waals surface area contributed by atoms with Crippen LogP contribution in [0.3, 0.4) is 0 Å². The van der Waals surface area contributed by atoms with Crippen LogP contribution >= 0.6 is 0 Å². The Kier molecular flexibility index (Phi) is 6.59. The van der Waals surface area contributed by atoms with Crippen LogP contribution in [0, 0.1) is 0 Å². The maximum absolute atomic E-state index is 11.7. The molecule has 1 aliphatic rings. The minimum atomic E-state index is -3.22. The van der Waals surface area contributed by atoms with Crippen LogP contribution in [0.4, 0.5) is 11.4 Å². The second kappa shape index (κ2) is 8.94. The molecular formula is C21H31N4O2S+. The van der Waals surface area contributed by atoms with Crippen LogP contribution in [-0.2, 0) is 10.0 Å². The summed E-state index contributed by atoms with van der Waals surface area (Å²) >= 11 is 0. The van der Waals surface area contributed by atoms with Gasteiger partial charge in [-0.25, -0.2) is 13.1 Å². The number of nitrogens with one attached hydrogen (secondary N) is 2. The predicted octanol–water partition coefficient (Wildman–Crippen LogP) is 0.748. The van der Waals surface area contributed by atoms with Gasteiger partial charge in [-0.2, -0.15) is 0 Å². The Morgan fingerprint density at radius 1 is 1.04 bits per heavy atom. The Hall–Kier alpha value is -2.09. The summed E-state index contributed by atoms with van der Waals surface area (Å²) in [7, 11) is 0.816. The van der Waals surface area contributed by atoms with Gasteiger partial charge in [0, 0.05) is 31.0 Å². The number of benzene rings is 2. The number of rotatable bonds is 7. The van der Waals surface area contributed by atoms with E-state index >= 15 is 0 Å². The molecular weight excluding hydrogens is 372 g/mol. The van der Waals surface area contributed by atoms with E-state index in [4.69, 9.17) is 0 Å². The van der Waals surface area contributed by atoms with Crippen LogP contribution in [0.25, 0.3) is 0 Å². The minimum absolute atomic E-state index is 0.101. The molecule has 2 N–H and O–H groups in total. The quantitative estimate of drug-likeness (QED) is 0.716. The summed E-state index contributed by atoms with van der Waals surface area (Å²) < 4.78 is 26.1. The molecule has 7 heteroatoms. The summed E-state index contributed by atoms with van der Waals surface area (Å²) in [5, 5.41) is 0. The minimum Gasteiger partial charge on any atom is -0.378 e. The first-order valence-electron chi connectivity index (χ1n) is 9.70. The first-order valence-corrected chi connectivity index (χ1v) is 11.6. The van der Waals surface area contributed by atoms with Gasteiger partial charge < -0.3 is 14.7 Å². The van der Waals surface area contributed by atoms with E-state index < -0.39 is 10.0 Å². The van der Waals surface area contributed by atoms with E-state index in [-0.39, 0.29) is 6.04 Å². The lowest BCUT2D eigenvalue weighted by Crippen LogP contribution is -3.15. The molecule has 0 unspecified atom stereocenters. The fourth-order valence-electron chi connectivity index (χ4n) is 3.78. The molecule has 2 aromatic carbocycles. The highest BCUT2D eigenvalue weighted by Crippen LogP contribution is 2.18. The zero-order valence-electron chi connectivity index (χ0n) is 16.9. The topological polar surface area (TPSA) is 57.1 Å². The van der Waals surface area contributed by atoms with Crippen molar-refractivity contribution in [3.05, 3.63) is 60.2 Å². The second-order valence-corrected chi connectivity index (χ2v) is 9.47. The third-order valence-electron chi connectivity index (χ3n) is 5.38. The van der Waals surface area contributed by atoms with Crippen molar-refractivity contribution in [1.29, 1.82) is 0 Å². The van der Waals surface area contributed by atoms with Crippen molar-refractivity contribution >= 4 is 21.4 Å². The fraction of sp³-hybridized carbons (Fsp3) is 0.429. The number of anilines is 2. The molecule has 0 aromatic heterocycles. The van der Waals surface area contributed by atoms with E-state index in [1.807, 2.05) is 20.2 Å². The summed E-state index contributed by atoms with van der Waals surface area (Å²) in [6.45, 7) is 4.29. The SMILES string of the molecule is CN(C)c1ccc([C@H](CNS(C)(=O)=O)[NH+]2CCN(c3ccccc3)CC2)cc1. The molecule has 1 saturated heterocycles. The molecule has 28 heavy (non-hydrogen) atoms. The third kappa shape index (κ3) is 5.47. The Morgan fingerprint density at radius 2 is 1.64 bits per heavy atom. The van der Waals surface area contributed by atoms with Gasteiger partial charge in [0.15, 0.2) is 0 Å². The van der Waals surface area contributed by atoms with Crippen LogP contribution in [0.1, 0.15) is 11.6 Å². The summed E-state index contributed by atoms with van der Waals surface area (Å²) in [6.07, 6.45) is 1.22. The number of nitrogens with zero attached hydrogens (tertiary/aromatic N) is 2. The zero-order chi connectivity index (χ0) is 20.1. The van der Waals surface area contributed by atoms with Gasteiger partial charge in [-0.3, -0.25) is 0 Å². The van der Waals surface area contributed by atoms with Gasteiger partial charge in [-0.05, 0) is 24.3 Å². The summed E-state index contributed by atoms with van der Waals surface area (Å²) in [5.74, 6) is 0. The van der Waals surface area contributed by atoms with E-state index in [0.717, 1.165) is 31.9 Å². The van der Waals surface area contributed by atoms with E-state index in [1.165, 1.54) is 22.4 Å². The van der Waals surface area contributed by atoms with E-state index in [1.54, 1.807) is 0 Å². The van der Waals surface area contributed by atoms with E-state index in [9.17, 15) is 8.42 Å². The molecule has 3 rings (SSSR count). The third-order valence-corrected chi connectivity index (χ3v) is 6.07. The fourth-order valence-corrected chi connectivity index (χ4v) is 4.25. The van der Waals surface area contributed by atoms with Crippen molar-refractivity contribution in [3.8, 4) is 0 Å². The Morgan fingerprint density at radius 3 is 2.18 bits per heavy atom. The number of sulfonamides is 1.